The van der Waals surface area contributed by atoms with Gasteiger partial charge in [-0.2, -0.15) is 0 Å². The molecule has 1 heterocycles. The van der Waals surface area contributed by atoms with Gasteiger partial charge in [0.15, 0.2) is 0 Å². The Labute approximate surface area is 187 Å². The minimum atomic E-state index is -3.86. The average molecular weight is 456 g/mol. The highest BCUT2D eigenvalue weighted by atomic mass is 32.2. The molecule has 0 aliphatic heterocycles. The molecule has 2 amide bonds. The minimum Gasteiger partial charge on any atom is -0.468 e. The molecule has 0 aliphatic carbocycles. The molecular weight excluding hydrogens is 430 g/mol. The molecule has 8 nitrogen and oxygen atoms in total. The maximum absolute atomic E-state index is 12.8. The Balaban J connectivity index is 1.64. The molecule has 0 saturated heterocycles. The van der Waals surface area contributed by atoms with Crippen molar-refractivity contribution < 1.29 is 22.4 Å². The van der Waals surface area contributed by atoms with Gasteiger partial charge in [-0.3, -0.25) is 9.59 Å². The first-order valence-electron chi connectivity index (χ1n) is 10.0. The van der Waals surface area contributed by atoms with Crippen LogP contribution in [0.3, 0.4) is 0 Å². The summed E-state index contributed by atoms with van der Waals surface area (Å²) in [5, 5.41) is 5.39. The molecule has 0 aliphatic rings. The second kappa shape index (κ2) is 10.3. The fourth-order valence-electron chi connectivity index (χ4n) is 2.95. The van der Waals surface area contributed by atoms with Crippen LogP contribution in [0.15, 0.2) is 76.2 Å². The molecule has 1 aromatic heterocycles. The molecule has 168 valence electrons. The van der Waals surface area contributed by atoms with E-state index < -0.39 is 22.0 Å². The van der Waals surface area contributed by atoms with E-state index in [-0.39, 0.29) is 22.9 Å². The SMILES string of the molecule is Cc1ccc(S(=O)(=O)NCc2ccco2)cc1C(=O)NC(C)C(=O)NCc1ccccc1. The zero-order chi connectivity index (χ0) is 23.1. The van der Waals surface area contributed by atoms with Crippen molar-refractivity contribution in [1.82, 2.24) is 15.4 Å². The third kappa shape index (κ3) is 6.05. The molecule has 0 spiro atoms. The van der Waals surface area contributed by atoms with Crippen molar-refractivity contribution in [2.45, 2.75) is 37.9 Å². The maximum Gasteiger partial charge on any atom is 0.252 e. The number of amides is 2. The monoisotopic (exact) mass is 455 g/mol. The normalized spacial score (nSPS) is 12.2. The van der Waals surface area contributed by atoms with Crippen molar-refractivity contribution in [2.24, 2.45) is 0 Å². The van der Waals surface area contributed by atoms with E-state index in [1.165, 1.54) is 18.4 Å². The summed E-state index contributed by atoms with van der Waals surface area (Å²) >= 11 is 0. The molecular formula is C23H25N3O5S. The van der Waals surface area contributed by atoms with Crippen molar-refractivity contribution >= 4 is 21.8 Å². The van der Waals surface area contributed by atoms with Gasteiger partial charge in [0.05, 0.1) is 17.7 Å². The highest BCUT2D eigenvalue weighted by molar-refractivity contribution is 7.89. The van der Waals surface area contributed by atoms with Gasteiger partial charge in [-0.25, -0.2) is 13.1 Å². The minimum absolute atomic E-state index is 0.0106. The van der Waals surface area contributed by atoms with Crippen LogP contribution in [0.1, 0.15) is 34.2 Å². The fourth-order valence-corrected chi connectivity index (χ4v) is 3.97. The van der Waals surface area contributed by atoms with Gasteiger partial charge in [-0.05, 0) is 49.2 Å². The number of furan rings is 1. The summed E-state index contributed by atoms with van der Waals surface area (Å²) in [4.78, 5) is 25.1. The lowest BCUT2D eigenvalue weighted by Gasteiger charge is -2.16. The summed E-state index contributed by atoms with van der Waals surface area (Å²) in [6.45, 7) is 3.60. The standard InChI is InChI=1S/C23H25N3O5S/c1-16-10-11-20(32(29,30)25-15-19-9-6-12-31-19)13-21(16)23(28)26-17(2)22(27)24-14-18-7-4-3-5-8-18/h3-13,17,25H,14-15H2,1-2H3,(H,24,27)(H,26,28). The number of carbonyl (C=O) groups is 2. The molecule has 0 fully saturated rings. The molecule has 9 heteroatoms. The van der Waals surface area contributed by atoms with Crippen LogP contribution in [0.25, 0.3) is 0 Å². The van der Waals surface area contributed by atoms with Crippen LogP contribution in [-0.2, 0) is 27.9 Å². The third-order valence-corrected chi connectivity index (χ3v) is 6.23. The Morgan fingerprint density at radius 1 is 1.00 bits per heavy atom. The van der Waals surface area contributed by atoms with E-state index in [2.05, 4.69) is 15.4 Å². The number of hydrogen-bond acceptors (Lipinski definition) is 5. The number of carbonyl (C=O) groups excluding carboxylic acids is 2. The highest BCUT2D eigenvalue weighted by Crippen LogP contribution is 2.16. The fraction of sp³-hybridized carbons (Fsp3) is 0.217. The smallest absolute Gasteiger partial charge is 0.252 e. The van der Waals surface area contributed by atoms with Crippen molar-refractivity contribution in [3.63, 3.8) is 0 Å². The zero-order valence-corrected chi connectivity index (χ0v) is 18.6. The molecule has 2 aromatic carbocycles. The van der Waals surface area contributed by atoms with E-state index >= 15 is 0 Å². The van der Waals surface area contributed by atoms with Gasteiger partial charge in [0.2, 0.25) is 15.9 Å². The number of hydrogen-bond donors (Lipinski definition) is 3. The van der Waals surface area contributed by atoms with Gasteiger partial charge < -0.3 is 15.1 Å². The van der Waals surface area contributed by atoms with Crippen molar-refractivity contribution in [3.8, 4) is 0 Å². The molecule has 3 aromatic rings. The summed E-state index contributed by atoms with van der Waals surface area (Å²) in [5.41, 5.74) is 1.70. The van der Waals surface area contributed by atoms with E-state index in [0.29, 0.717) is 17.9 Å². The predicted octanol–water partition coefficient (Wildman–Crippen LogP) is 2.50. The summed E-state index contributed by atoms with van der Waals surface area (Å²) in [5.74, 6) is -0.411. The Hall–Kier alpha value is -3.43. The van der Waals surface area contributed by atoms with Crippen molar-refractivity contribution in [1.29, 1.82) is 0 Å². The first-order valence-corrected chi connectivity index (χ1v) is 11.5. The Kier molecular flexibility index (Phi) is 7.45. The van der Waals surface area contributed by atoms with Crippen LogP contribution >= 0.6 is 0 Å². The van der Waals surface area contributed by atoms with Gasteiger partial charge in [0, 0.05) is 12.1 Å². The molecule has 1 atom stereocenters. The number of nitrogens with one attached hydrogen (secondary N) is 3. The number of rotatable bonds is 9. The average Bonchev–Trinajstić information content (AvgIpc) is 3.30. The molecule has 1 unspecified atom stereocenters. The Bertz CT molecular complexity index is 1180. The van der Waals surface area contributed by atoms with E-state index in [0.717, 1.165) is 5.56 Å². The van der Waals surface area contributed by atoms with E-state index in [1.54, 1.807) is 32.0 Å². The van der Waals surface area contributed by atoms with Crippen molar-refractivity contribution in [3.05, 3.63) is 89.4 Å². The molecule has 0 bridgehead atoms. The van der Waals surface area contributed by atoms with Gasteiger partial charge >= 0.3 is 0 Å². The highest BCUT2D eigenvalue weighted by Gasteiger charge is 2.21. The summed E-state index contributed by atoms with van der Waals surface area (Å²) < 4.78 is 32.8. The van der Waals surface area contributed by atoms with Crippen LogP contribution in [-0.4, -0.2) is 26.3 Å². The van der Waals surface area contributed by atoms with Crippen LogP contribution in [0, 0.1) is 6.92 Å². The zero-order valence-electron chi connectivity index (χ0n) is 17.8. The Morgan fingerprint density at radius 2 is 1.75 bits per heavy atom. The maximum atomic E-state index is 12.8. The number of sulfonamides is 1. The third-order valence-electron chi connectivity index (χ3n) is 4.83. The van der Waals surface area contributed by atoms with E-state index in [4.69, 9.17) is 4.42 Å². The lowest BCUT2D eigenvalue weighted by molar-refractivity contribution is -0.122. The first-order chi connectivity index (χ1) is 15.3. The molecule has 32 heavy (non-hydrogen) atoms. The molecule has 0 radical (unpaired) electrons. The molecule has 3 rings (SSSR count). The lowest BCUT2D eigenvalue weighted by Crippen LogP contribution is -2.44. The molecule has 3 N–H and O–H groups in total. The largest absolute Gasteiger partial charge is 0.468 e. The number of aryl methyl sites for hydroxylation is 1. The molecule has 0 saturated carbocycles. The van der Waals surface area contributed by atoms with Gasteiger partial charge in [-0.1, -0.05) is 36.4 Å². The van der Waals surface area contributed by atoms with Crippen LogP contribution in [0.2, 0.25) is 0 Å². The summed E-state index contributed by atoms with van der Waals surface area (Å²) in [6.07, 6.45) is 1.45. The van der Waals surface area contributed by atoms with E-state index in [9.17, 15) is 18.0 Å². The summed E-state index contributed by atoms with van der Waals surface area (Å²) in [7, 11) is -3.86. The quantitative estimate of drug-likeness (QED) is 0.458. The van der Waals surface area contributed by atoms with Crippen LogP contribution in [0.4, 0.5) is 0 Å². The summed E-state index contributed by atoms with van der Waals surface area (Å²) in [6, 6.07) is 16.2. The predicted molar refractivity (Wildman–Crippen MR) is 119 cm³/mol. The van der Waals surface area contributed by atoms with Gasteiger partial charge in [-0.15, -0.1) is 0 Å². The Morgan fingerprint density at radius 3 is 2.44 bits per heavy atom. The van der Waals surface area contributed by atoms with Crippen molar-refractivity contribution in [2.75, 3.05) is 0 Å². The topological polar surface area (TPSA) is 118 Å². The second-order valence-corrected chi connectivity index (χ2v) is 9.05. The first kappa shape index (κ1) is 23.2. The van der Waals surface area contributed by atoms with E-state index in [1.807, 2.05) is 30.3 Å². The van der Waals surface area contributed by atoms with Gasteiger partial charge in [0.1, 0.15) is 11.8 Å². The van der Waals surface area contributed by atoms with Crippen LogP contribution < -0.4 is 15.4 Å². The van der Waals surface area contributed by atoms with Crippen LogP contribution in [0.5, 0.6) is 0 Å². The lowest BCUT2D eigenvalue weighted by atomic mass is 10.1. The number of benzene rings is 2. The second-order valence-electron chi connectivity index (χ2n) is 7.28. The van der Waals surface area contributed by atoms with Gasteiger partial charge in [0.25, 0.3) is 5.91 Å².